The first-order valence-corrected chi connectivity index (χ1v) is 7.48. The number of rotatable bonds is 3. The molecule has 5 nitrogen and oxygen atoms in total. The summed E-state index contributed by atoms with van der Waals surface area (Å²) in [6.45, 7) is 0. The molecule has 2 aromatic heterocycles. The van der Waals surface area contributed by atoms with Crippen LogP contribution in [0.25, 0.3) is 22.2 Å². The SMILES string of the molecule is O=C(Nc1cccc2cccnc12)c1cc(-c2ccccc2)no1. The maximum Gasteiger partial charge on any atom is 0.294 e. The predicted octanol–water partition coefficient (Wildman–Crippen LogP) is 4.14. The number of carbonyl (C=O) groups is 1. The number of pyridine rings is 1. The molecule has 0 aliphatic heterocycles. The van der Waals surface area contributed by atoms with Crippen molar-refractivity contribution < 1.29 is 9.32 Å². The van der Waals surface area contributed by atoms with Crippen molar-refractivity contribution >= 4 is 22.5 Å². The molecule has 0 saturated heterocycles. The van der Waals surface area contributed by atoms with E-state index in [1.807, 2.05) is 60.7 Å². The van der Waals surface area contributed by atoms with Crippen molar-refractivity contribution in [2.45, 2.75) is 0 Å². The van der Waals surface area contributed by atoms with E-state index in [4.69, 9.17) is 4.52 Å². The lowest BCUT2D eigenvalue weighted by Crippen LogP contribution is -2.11. The van der Waals surface area contributed by atoms with Crippen LogP contribution in [0.3, 0.4) is 0 Å². The molecular formula is C19H13N3O2. The van der Waals surface area contributed by atoms with Crippen LogP contribution in [-0.4, -0.2) is 16.0 Å². The van der Waals surface area contributed by atoms with E-state index in [1.54, 1.807) is 12.3 Å². The summed E-state index contributed by atoms with van der Waals surface area (Å²) >= 11 is 0. The number of nitrogens with zero attached hydrogens (tertiary/aromatic N) is 2. The van der Waals surface area contributed by atoms with Gasteiger partial charge in [-0.3, -0.25) is 9.78 Å². The third-order valence-electron chi connectivity index (χ3n) is 3.68. The monoisotopic (exact) mass is 315 g/mol. The molecule has 0 atom stereocenters. The Morgan fingerprint density at radius 1 is 0.958 bits per heavy atom. The van der Waals surface area contributed by atoms with Crippen LogP contribution < -0.4 is 5.32 Å². The van der Waals surface area contributed by atoms with Gasteiger partial charge in [0.05, 0.1) is 11.2 Å². The van der Waals surface area contributed by atoms with Crippen LogP contribution in [0.15, 0.2) is 77.4 Å². The van der Waals surface area contributed by atoms with Crippen LogP contribution in [0.2, 0.25) is 0 Å². The molecule has 2 heterocycles. The van der Waals surface area contributed by atoms with Gasteiger partial charge >= 0.3 is 0 Å². The second kappa shape index (κ2) is 5.96. The van der Waals surface area contributed by atoms with E-state index >= 15 is 0 Å². The smallest absolute Gasteiger partial charge is 0.294 e. The molecule has 0 bridgehead atoms. The largest absolute Gasteiger partial charge is 0.350 e. The van der Waals surface area contributed by atoms with Crippen LogP contribution in [-0.2, 0) is 0 Å². The fraction of sp³-hybridized carbons (Fsp3) is 0. The number of para-hydroxylation sites is 1. The Morgan fingerprint density at radius 3 is 2.67 bits per heavy atom. The summed E-state index contributed by atoms with van der Waals surface area (Å²) in [4.78, 5) is 16.7. The minimum Gasteiger partial charge on any atom is -0.350 e. The van der Waals surface area contributed by atoms with Gasteiger partial charge < -0.3 is 9.84 Å². The van der Waals surface area contributed by atoms with Gasteiger partial charge in [-0.2, -0.15) is 0 Å². The Labute approximate surface area is 137 Å². The number of hydrogen-bond donors (Lipinski definition) is 1. The minimum absolute atomic E-state index is 0.154. The second-order valence-electron chi connectivity index (χ2n) is 5.28. The summed E-state index contributed by atoms with van der Waals surface area (Å²) in [7, 11) is 0. The number of benzene rings is 2. The van der Waals surface area contributed by atoms with Gasteiger partial charge in [-0.15, -0.1) is 0 Å². The summed E-state index contributed by atoms with van der Waals surface area (Å²) in [5, 5.41) is 7.75. The fourth-order valence-electron chi connectivity index (χ4n) is 2.52. The zero-order valence-corrected chi connectivity index (χ0v) is 12.6. The standard InChI is InChI=1S/C19H13N3O2/c23-19(17-12-16(22-24-17)13-6-2-1-3-7-13)21-15-10-4-8-14-9-5-11-20-18(14)15/h1-12H,(H,21,23). The van der Waals surface area contributed by atoms with Crippen molar-refractivity contribution in [3.05, 3.63) is 78.7 Å². The number of amides is 1. The lowest BCUT2D eigenvalue weighted by Gasteiger charge is -2.05. The summed E-state index contributed by atoms with van der Waals surface area (Å²) in [6, 6.07) is 20.6. The number of carbonyl (C=O) groups excluding carboxylic acids is 1. The maximum atomic E-state index is 12.4. The number of hydrogen-bond acceptors (Lipinski definition) is 4. The Morgan fingerprint density at radius 2 is 1.79 bits per heavy atom. The number of aromatic nitrogens is 2. The van der Waals surface area contributed by atoms with E-state index in [0.717, 1.165) is 16.5 Å². The molecule has 1 N–H and O–H groups in total. The van der Waals surface area contributed by atoms with E-state index in [9.17, 15) is 4.79 Å². The van der Waals surface area contributed by atoms with Crippen molar-refractivity contribution in [3.63, 3.8) is 0 Å². The normalized spacial score (nSPS) is 10.7. The molecule has 0 unspecified atom stereocenters. The summed E-state index contributed by atoms with van der Waals surface area (Å²) in [5.41, 5.74) is 2.89. The lowest BCUT2D eigenvalue weighted by molar-refractivity contribution is 0.0988. The van der Waals surface area contributed by atoms with Gasteiger partial charge in [0.2, 0.25) is 5.76 Å². The van der Waals surface area contributed by atoms with Crippen molar-refractivity contribution in [2.24, 2.45) is 0 Å². The van der Waals surface area contributed by atoms with Crippen LogP contribution in [0.1, 0.15) is 10.6 Å². The van der Waals surface area contributed by atoms with Gasteiger partial charge in [0.15, 0.2) is 0 Å². The van der Waals surface area contributed by atoms with E-state index in [-0.39, 0.29) is 11.7 Å². The average molecular weight is 315 g/mol. The molecular weight excluding hydrogens is 302 g/mol. The summed E-state index contributed by atoms with van der Waals surface area (Å²) in [6.07, 6.45) is 1.69. The first-order chi connectivity index (χ1) is 11.8. The Balaban J connectivity index is 1.62. The van der Waals surface area contributed by atoms with Gasteiger partial charge in [0, 0.05) is 23.2 Å². The van der Waals surface area contributed by atoms with Crippen LogP contribution in [0, 0.1) is 0 Å². The number of anilines is 1. The topological polar surface area (TPSA) is 68.0 Å². The number of nitrogens with one attached hydrogen (secondary N) is 1. The Kier molecular flexibility index (Phi) is 3.51. The zero-order valence-electron chi connectivity index (χ0n) is 12.6. The lowest BCUT2D eigenvalue weighted by atomic mass is 10.1. The fourth-order valence-corrected chi connectivity index (χ4v) is 2.52. The van der Waals surface area contributed by atoms with E-state index in [0.29, 0.717) is 11.4 Å². The highest BCUT2D eigenvalue weighted by atomic mass is 16.5. The first kappa shape index (κ1) is 14.1. The van der Waals surface area contributed by atoms with Gasteiger partial charge in [-0.1, -0.05) is 53.7 Å². The van der Waals surface area contributed by atoms with Crippen molar-refractivity contribution in [1.29, 1.82) is 0 Å². The third-order valence-corrected chi connectivity index (χ3v) is 3.68. The molecule has 0 saturated carbocycles. The molecule has 0 aliphatic carbocycles. The molecule has 5 heteroatoms. The first-order valence-electron chi connectivity index (χ1n) is 7.48. The molecule has 1 amide bonds. The molecule has 2 aromatic carbocycles. The van der Waals surface area contributed by atoms with Gasteiger partial charge in [-0.05, 0) is 12.1 Å². The molecule has 0 fully saturated rings. The Hall–Kier alpha value is -3.47. The Bertz CT molecular complexity index is 1000. The summed E-state index contributed by atoms with van der Waals surface area (Å²) in [5.74, 6) is -0.204. The van der Waals surface area contributed by atoms with Crippen molar-refractivity contribution in [1.82, 2.24) is 10.1 Å². The maximum absolute atomic E-state index is 12.4. The summed E-state index contributed by atoms with van der Waals surface area (Å²) < 4.78 is 5.18. The second-order valence-corrected chi connectivity index (χ2v) is 5.28. The molecule has 116 valence electrons. The molecule has 4 aromatic rings. The highest BCUT2D eigenvalue weighted by molar-refractivity contribution is 6.07. The van der Waals surface area contributed by atoms with Crippen molar-refractivity contribution in [2.75, 3.05) is 5.32 Å². The van der Waals surface area contributed by atoms with E-state index < -0.39 is 0 Å². The minimum atomic E-state index is -0.358. The van der Waals surface area contributed by atoms with Crippen LogP contribution >= 0.6 is 0 Å². The third kappa shape index (κ3) is 2.63. The van der Waals surface area contributed by atoms with Gasteiger partial charge in [-0.25, -0.2) is 0 Å². The molecule has 0 aliphatic rings. The molecule has 4 rings (SSSR count). The molecule has 0 radical (unpaired) electrons. The van der Waals surface area contributed by atoms with Gasteiger partial charge in [0.25, 0.3) is 5.91 Å². The quantitative estimate of drug-likeness (QED) is 0.617. The van der Waals surface area contributed by atoms with Crippen LogP contribution in [0.5, 0.6) is 0 Å². The zero-order chi connectivity index (χ0) is 16.4. The molecule has 24 heavy (non-hydrogen) atoms. The highest BCUT2D eigenvalue weighted by Gasteiger charge is 2.15. The van der Waals surface area contributed by atoms with Crippen molar-refractivity contribution in [3.8, 4) is 11.3 Å². The van der Waals surface area contributed by atoms with E-state index in [2.05, 4.69) is 15.5 Å². The predicted molar refractivity (Wildman–Crippen MR) is 91.6 cm³/mol. The molecule has 0 spiro atoms. The van der Waals surface area contributed by atoms with Crippen LogP contribution in [0.4, 0.5) is 5.69 Å². The van der Waals surface area contributed by atoms with E-state index in [1.165, 1.54) is 0 Å². The highest BCUT2D eigenvalue weighted by Crippen LogP contribution is 2.23. The average Bonchev–Trinajstić information content (AvgIpc) is 3.13. The number of fused-ring (bicyclic) bond motifs is 1. The van der Waals surface area contributed by atoms with Gasteiger partial charge in [0.1, 0.15) is 5.69 Å².